The number of hydrogen-bond acceptors (Lipinski definition) is 4. The molecule has 1 saturated heterocycles. The van der Waals surface area contributed by atoms with E-state index in [1.807, 2.05) is 24.3 Å². The molecule has 1 aliphatic rings. The van der Waals surface area contributed by atoms with Crippen molar-refractivity contribution in [1.29, 1.82) is 5.26 Å². The zero-order valence-corrected chi connectivity index (χ0v) is 16.1. The third kappa shape index (κ3) is 3.62. The van der Waals surface area contributed by atoms with Crippen molar-refractivity contribution in [2.75, 3.05) is 0 Å². The predicted octanol–water partition coefficient (Wildman–Crippen LogP) is 4.32. The summed E-state index contributed by atoms with van der Waals surface area (Å²) in [5, 5.41) is 8.88. The first-order valence-electron chi connectivity index (χ1n) is 8.36. The molecular weight excluding hydrogens is 329 g/mol. The van der Waals surface area contributed by atoms with Gasteiger partial charge in [0.15, 0.2) is 0 Å². The molecule has 1 fully saturated rings. The van der Waals surface area contributed by atoms with Gasteiger partial charge in [0.25, 0.3) is 0 Å². The Bertz CT molecular complexity index is 809. The van der Waals surface area contributed by atoms with Gasteiger partial charge in [-0.2, -0.15) is 5.26 Å². The topological polar surface area (TPSA) is 42.2 Å². The summed E-state index contributed by atoms with van der Waals surface area (Å²) >= 11 is 1.68. The second-order valence-electron chi connectivity index (χ2n) is 7.34. The van der Waals surface area contributed by atoms with E-state index in [1.165, 1.54) is 0 Å². The van der Waals surface area contributed by atoms with Gasteiger partial charge in [-0.1, -0.05) is 23.4 Å². The van der Waals surface area contributed by atoms with Gasteiger partial charge in [0.05, 0.1) is 22.8 Å². The van der Waals surface area contributed by atoms with E-state index in [0.717, 1.165) is 20.8 Å². The number of aryl methyl sites for hydroxylation is 1. The zero-order valence-electron chi connectivity index (χ0n) is 15.3. The number of benzene rings is 2. The van der Waals surface area contributed by atoms with Gasteiger partial charge in [0.1, 0.15) is 0 Å². The van der Waals surface area contributed by atoms with Crippen molar-refractivity contribution in [2.45, 2.75) is 55.6 Å². The summed E-state index contributed by atoms with van der Waals surface area (Å²) in [7, 11) is -0.334. The Morgan fingerprint density at radius 1 is 0.920 bits per heavy atom. The van der Waals surface area contributed by atoms with E-state index in [1.54, 1.807) is 11.8 Å². The summed E-state index contributed by atoms with van der Waals surface area (Å²) in [5.41, 5.74) is 2.23. The number of hydrogen-bond donors (Lipinski definition) is 0. The van der Waals surface area contributed by atoms with Crippen LogP contribution in [0.4, 0.5) is 0 Å². The summed E-state index contributed by atoms with van der Waals surface area (Å²) < 4.78 is 12.3. The maximum absolute atomic E-state index is 8.88. The highest BCUT2D eigenvalue weighted by atomic mass is 32.2. The average molecular weight is 351 g/mol. The Hall–Kier alpha value is -1.74. The lowest BCUT2D eigenvalue weighted by Gasteiger charge is -2.32. The molecule has 1 aliphatic heterocycles. The fourth-order valence-electron chi connectivity index (χ4n) is 2.68. The van der Waals surface area contributed by atoms with Crippen LogP contribution in [0.2, 0.25) is 0 Å². The van der Waals surface area contributed by atoms with Gasteiger partial charge in [0.2, 0.25) is 0 Å². The third-order valence-electron chi connectivity index (χ3n) is 4.97. The van der Waals surface area contributed by atoms with Crippen molar-refractivity contribution in [3.05, 3.63) is 53.6 Å². The normalized spacial score (nSPS) is 18.2. The predicted molar refractivity (Wildman–Crippen MR) is 102 cm³/mol. The van der Waals surface area contributed by atoms with E-state index < -0.39 is 0 Å². The molecule has 3 nitrogen and oxygen atoms in total. The maximum Gasteiger partial charge on any atom is 0.495 e. The van der Waals surface area contributed by atoms with Crippen LogP contribution in [0.1, 0.15) is 38.8 Å². The van der Waals surface area contributed by atoms with Crippen LogP contribution in [-0.4, -0.2) is 18.3 Å². The van der Waals surface area contributed by atoms with E-state index in [4.69, 9.17) is 14.6 Å². The van der Waals surface area contributed by atoms with Crippen molar-refractivity contribution in [1.82, 2.24) is 0 Å². The molecule has 1 heterocycles. The van der Waals surface area contributed by atoms with Gasteiger partial charge in [0, 0.05) is 9.79 Å². The highest BCUT2D eigenvalue weighted by Gasteiger charge is 2.52. The summed E-state index contributed by atoms with van der Waals surface area (Å²) in [5.74, 6) is 0. The van der Waals surface area contributed by atoms with Gasteiger partial charge < -0.3 is 9.31 Å². The summed E-state index contributed by atoms with van der Waals surface area (Å²) in [6.07, 6.45) is 0. The zero-order chi connectivity index (χ0) is 18.2. The van der Waals surface area contributed by atoms with E-state index >= 15 is 0 Å². The molecular formula is C20H22BNO2S. The van der Waals surface area contributed by atoms with Crippen LogP contribution >= 0.6 is 11.8 Å². The van der Waals surface area contributed by atoms with E-state index in [0.29, 0.717) is 5.56 Å². The molecule has 0 radical (unpaired) electrons. The van der Waals surface area contributed by atoms with Crippen LogP contribution in [-0.2, 0) is 9.31 Å². The van der Waals surface area contributed by atoms with Gasteiger partial charge in [-0.15, -0.1) is 0 Å². The van der Waals surface area contributed by atoms with Crippen LogP contribution in [0, 0.1) is 18.3 Å². The lowest BCUT2D eigenvalue weighted by atomic mass is 9.76. The monoisotopic (exact) mass is 351 g/mol. The minimum Gasteiger partial charge on any atom is -0.399 e. The third-order valence-corrected chi connectivity index (χ3v) is 5.97. The molecule has 0 spiro atoms. The summed E-state index contributed by atoms with van der Waals surface area (Å²) in [4.78, 5) is 2.27. The fourth-order valence-corrected chi connectivity index (χ4v) is 3.60. The first-order valence-corrected chi connectivity index (χ1v) is 9.18. The van der Waals surface area contributed by atoms with Crippen molar-refractivity contribution < 1.29 is 9.31 Å². The Morgan fingerprint density at radius 3 is 2.00 bits per heavy atom. The summed E-state index contributed by atoms with van der Waals surface area (Å²) in [6, 6.07) is 16.1. The number of nitriles is 1. The summed E-state index contributed by atoms with van der Waals surface area (Å²) in [6.45, 7) is 10.4. The van der Waals surface area contributed by atoms with Crippen LogP contribution in [0.5, 0.6) is 0 Å². The van der Waals surface area contributed by atoms with Crippen molar-refractivity contribution in [2.24, 2.45) is 0 Å². The van der Waals surface area contributed by atoms with Crippen molar-refractivity contribution in [3.63, 3.8) is 0 Å². The SMILES string of the molecule is Cc1cc(Sc2ccc(C#N)cc2)ccc1B1OC(C)(C)C(C)(C)O1. The Kier molecular flexibility index (Phi) is 4.72. The molecule has 0 saturated carbocycles. The number of rotatable bonds is 3. The molecule has 0 bridgehead atoms. The molecule has 128 valence electrons. The highest BCUT2D eigenvalue weighted by molar-refractivity contribution is 7.99. The molecule has 0 aliphatic carbocycles. The molecule has 5 heteroatoms. The van der Waals surface area contributed by atoms with Gasteiger partial charge in [-0.05, 0) is 76.5 Å². The van der Waals surface area contributed by atoms with Gasteiger partial charge in [-0.3, -0.25) is 0 Å². The molecule has 0 atom stereocenters. The van der Waals surface area contributed by atoms with Crippen LogP contribution in [0.3, 0.4) is 0 Å². The standard InChI is InChI=1S/C20H22BNO2S/c1-14-12-17(25-16-8-6-15(13-22)7-9-16)10-11-18(14)21-23-19(2,3)20(4,5)24-21/h6-12H,1-5H3. The maximum atomic E-state index is 8.88. The molecule has 3 rings (SSSR count). The first-order chi connectivity index (χ1) is 11.7. The minimum atomic E-state index is -0.334. The molecule has 0 amide bonds. The second kappa shape index (κ2) is 6.53. The fraction of sp³-hybridized carbons (Fsp3) is 0.350. The van der Waals surface area contributed by atoms with Crippen molar-refractivity contribution >= 4 is 24.3 Å². The van der Waals surface area contributed by atoms with Crippen molar-refractivity contribution in [3.8, 4) is 6.07 Å². The molecule has 2 aromatic rings. The highest BCUT2D eigenvalue weighted by Crippen LogP contribution is 2.37. The van der Waals surface area contributed by atoms with Crippen LogP contribution in [0.15, 0.2) is 52.3 Å². The van der Waals surface area contributed by atoms with Crippen LogP contribution in [0.25, 0.3) is 0 Å². The first kappa shape index (κ1) is 18.1. The molecule has 0 aromatic heterocycles. The average Bonchev–Trinajstić information content (AvgIpc) is 2.76. The van der Waals surface area contributed by atoms with E-state index in [9.17, 15) is 0 Å². The molecule has 2 aromatic carbocycles. The lowest BCUT2D eigenvalue weighted by molar-refractivity contribution is 0.00578. The lowest BCUT2D eigenvalue weighted by Crippen LogP contribution is -2.41. The smallest absolute Gasteiger partial charge is 0.399 e. The second-order valence-corrected chi connectivity index (χ2v) is 8.49. The molecule has 0 N–H and O–H groups in total. The molecule has 25 heavy (non-hydrogen) atoms. The van der Waals surface area contributed by atoms with Gasteiger partial charge in [-0.25, -0.2) is 0 Å². The van der Waals surface area contributed by atoms with Crippen LogP contribution < -0.4 is 5.46 Å². The largest absolute Gasteiger partial charge is 0.495 e. The van der Waals surface area contributed by atoms with Gasteiger partial charge >= 0.3 is 7.12 Å². The Balaban J connectivity index is 1.78. The quantitative estimate of drug-likeness (QED) is 0.773. The minimum absolute atomic E-state index is 0.333. The Morgan fingerprint density at radius 2 is 1.48 bits per heavy atom. The van der Waals surface area contributed by atoms with E-state index in [2.05, 4.69) is 58.9 Å². The van der Waals surface area contributed by atoms with E-state index in [-0.39, 0.29) is 18.3 Å². The number of nitrogens with zero attached hydrogens (tertiary/aromatic N) is 1. The molecule has 0 unspecified atom stereocenters. The Labute approximate surface area is 154 Å².